The molecule has 0 spiro atoms. The van der Waals surface area contributed by atoms with Crippen LogP contribution in [0.2, 0.25) is 0 Å². The van der Waals surface area contributed by atoms with Gasteiger partial charge in [0, 0.05) is 22.5 Å². The number of hydrogen-bond acceptors (Lipinski definition) is 4. The standard InChI is InChI=1S/C19H20N4O2/c1-11-12(2)25-19(20-11)13-6-5-7-14(10-13)21-18(24)17-15-8-3-4-9-16(15)22-23-17/h5-7,10H,3-4,8-9H2,1-2H3,(H,21,24)(H,22,23). The number of carbonyl (C=O) groups excluding carboxylic acids is 1. The molecule has 0 saturated carbocycles. The summed E-state index contributed by atoms with van der Waals surface area (Å²) < 4.78 is 5.67. The van der Waals surface area contributed by atoms with Crippen LogP contribution in [0.4, 0.5) is 5.69 Å². The van der Waals surface area contributed by atoms with E-state index in [1.54, 1.807) is 0 Å². The molecule has 0 aliphatic heterocycles. The van der Waals surface area contributed by atoms with Gasteiger partial charge in [0.2, 0.25) is 5.89 Å². The minimum Gasteiger partial charge on any atom is -0.441 e. The van der Waals surface area contributed by atoms with Crippen molar-refractivity contribution in [3.63, 3.8) is 0 Å². The summed E-state index contributed by atoms with van der Waals surface area (Å²) in [6.07, 6.45) is 4.12. The summed E-state index contributed by atoms with van der Waals surface area (Å²) >= 11 is 0. The molecular weight excluding hydrogens is 316 g/mol. The van der Waals surface area contributed by atoms with E-state index >= 15 is 0 Å². The van der Waals surface area contributed by atoms with Crippen LogP contribution in [-0.2, 0) is 12.8 Å². The number of aromatic nitrogens is 3. The molecule has 4 rings (SSSR count). The Bertz CT molecular complexity index is 919. The van der Waals surface area contributed by atoms with Crippen molar-refractivity contribution in [2.75, 3.05) is 5.32 Å². The molecule has 25 heavy (non-hydrogen) atoms. The Balaban J connectivity index is 1.58. The number of nitrogens with one attached hydrogen (secondary N) is 2. The van der Waals surface area contributed by atoms with Crippen molar-refractivity contribution in [2.45, 2.75) is 39.5 Å². The van der Waals surface area contributed by atoms with E-state index in [1.807, 2.05) is 38.1 Å². The lowest BCUT2D eigenvalue weighted by molar-refractivity contribution is 0.102. The number of aromatic amines is 1. The van der Waals surface area contributed by atoms with E-state index in [2.05, 4.69) is 20.5 Å². The molecular formula is C19H20N4O2. The van der Waals surface area contributed by atoms with Crippen molar-refractivity contribution in [3.8, 4) is 11.5 Å². The topological polar surface area (TPSA) is 83.8 Å². The number of H-pyrrole nitrogens is 1. The minimum atomic E-state index is -0.184. The number of oxazole rings is 1. The molecule has 1 aromatic carbocycles. The van der Waals surface area contributed by atoms with Gasteiger partial charge in [0.25, 0.3) is 5.91 Å². The number of rotatable bonds is 3. The van der Waals surface area contributed by atoms with Crippen molar-refractivity contribution in [1.82, 2.24) is 15.2 Å². The van der Waals surface area contributed by atoms with E-state index < -0.39 is 0 Å². The molecule has 128 valence electrons. The number of aryl methyl sites for hydroxylation is 3. The van der Waals surface area contributed by atoms with Crippen LogP contribution in [0.1, 0.15) is 46.0 Å². The first-order chi connectivity index (χ1) is 12.1. The lowest BCUT2D eigenvalue weighted by Gasteiger charge is -2.11. The third kappa shape index (κ3) is 2.95. The van der Waals surface area contributed by atoms with Crippen molar-refractivity contribution < 1.29 is 9.21 Å². The maximum absolute atomic E-state index is 12.6. The zero-order chi connectivity index (χ0) is 17.4. The van der Waals surface area contributed by atoms with Gasteiger partial charge in [-0.15, -0.1) is 0 Å². The molecule has 0 saturated heterocycles. The number of amides is 1. The maximum Gasteiger partial charge on any atom is 0.276 e. The molecule has 2 N–H and O–H groups in total. The molecule has 0 bridgehead atoms. The SMILES string of the molecule is Cc1nc(-c2cccc(NC(=O)c3n[nH]c4c3CCCC4)c2)oc1C. The molecule has 0 radical (unpaired) electrons. The highest BCUT2D eigenvalue weighted by Gasteiger charge is 2.21. The smallest absolute Gasteiger partial charge is 0.276 e. The fourth-order valence-corrected chi connectivity index (χ4v) is 3.19. The Morgan fingerprint density at radius 3 is 2.88 bits per heavy atom. The Kier molecular flexibility index (Phi) is 3.87. The second kappa shape index (κ2) is 6.20. The first-order valence-corrected chi connectivity index (χ1v) is 8.54. The highest BCUT2D eigenvalue weighted by Crippen LogP contribution is 2.26. The summed E-state index contributed by atoms with van der Waals surface area (Å²) in [5.74, 6) is 1.17. The number of anilines is 1. The zero-order valence-corrected chi connectivity index (χ0v) is 14.3. The molecule has 2 heterocycles. The number of carbonyl (C=O) groups is 1. The summed E-state index contributed by atoms with van der Waals surface area (Å²) in [5.41, 5.74) is 5.05. The molecule has 6 nitrogen and oxygen atoms in total. The second-order valence-corrected chi connectivity index (χ2v) is 6.43. The predicted molar refractivity (Wildman–Crippen MR) is 94.6 cm³/mol. The highest BCUT2D eigenvalue weighted by molar-refractivity contribution is 6.04. The molecule has 3 aromatic rings. The molecule has 6 heteroatoms. The third-order valence-corrected chi connectivity index (χ3v) is 4.67. The quantitative estimate of drug-likeness (QED) is 0.762. The van der Waals surface area contributed by atoms with Gasteiger partial charge in [0.1, 0.15) is 5.76 Å². The van der Waals surface area contributed by atoms with Crippen LogP contribution in [0.5, 0.6) is 0 Å². The van der Waals surface area contributed by atoms with Gasteiger partial charge in [-0.25, -0.2) is 4.98 Å². The van der Waals surface area contributed by atoms with E-state index in [9.17, 15) is 4.79 Å². The first kappa shape index (κ1) is 15.6. The number of benzene rings is 1. The van der Waals surface area contributed by atoms with Gasteiger partial charge in [0.05, 0.1) is 5.69 Å². The van der Waals surface area contributed by atoms with Gasteiger partial charge in [-0.3, -0.25) is 9.89 Å². The Hall–Kier alpha value is -2.89. The highest BCUT2D eigenvalue weighted by atomic mass is 16.4. The Morgan fingerprint density at radius 1 is 1.24 bits per heavy atom. The average Bonchev–Trinajstić information content (AvgIpc) is 3.19. The summed E-state index contributed by atoms with van der Waals surface area (Å²) in [7, 11) is 0. The van der Waals surface area contributed by atoms with E-state index in [0.29, 0.717) is 17.3 Å². The second-order valence-electron chi connectivity index (χ2n) is 6.43. The number of fused-ring (bicyclic) bond motifs is 1. The monoisotopic (exact) mass is 336 g/mol. The van der Waals surface area contributed by atoms with Gasteiger partial charge in [-0.2, -0.15) is 5.10 Å². The molecule has 0 unspecified atom stereocenters. The molecule has 1 amide bonds. The minimum absolute atomic E-state index is 0.184. The maximum atomic E-state index is 12.6. The fraction of sp³-hybridized carbons (Fsp3) is 0.316. The lowest BCUT2D eigenvalue weighted by Crippen LogP contribution is -2.15. The number of hydrogen-bond donors (Lipinski definition) is 2. The van der Waals surface area contributed by atoms with Crippen LogP contribution >= 0.6 is 0 Å². The van der Waals surface area contributed by atoms with E-state index in [-0.39, 0.29) is 5.91 Å². The average molecular weight is 336 g/mol. The van der Waals surface area contributed by atoms with Gasteiger partial charge >= 0.3 is 0 Å². The summed E-state index contributed by atoms with van der Waals surface area (Å²) in [5, 5.41) is 10.2. The summed E-state index contributed by atoms with van der Waals surface area (Å²) in [6.45, 7) is 3.80. The van der Waals surface area contributed by atoms with Crippen LogP contribution < -0.4 is 5.32 Å². The summed E-state index contributed by atoms with van der Waals surface area (Å²) in [4.78, 5) is 17.0. The predicted octanol–water partition coefficient (Wildman–Crippen LogP) is 3.81. The van der Waals surface area contributed by atoms with Crippen LogP contribution in [0, 0.1) is 13.8 Å². The normalized spacial score (nSPS) is 13.5. The van der Waals surface area contributed by atoms with E-state index in [4.69, 9.17) is 4.42 Å². The van der Waals surface area contributed by atoms with Gasteiger partial charge in [-0.1, -0.05) is 6.07 Å². The van der Waals surface area contributed by atoms with Gasteiger partial charge in [-0.05, 0) is 57.7 Å². The van der Waals surface area contributed by atoms with Gasteiger partial charge in [0.15, 0.2) is 5.69 Å². The molecule has 1 aliphatic carbocycles. The van der Waals surface area contributed by atoms with Crippen LogP contribution in [-0.4, -0.2) is 21.1 Å². The number of nitrogens with zero attached hydrogens (tertiary/aromatic N) is 2. The lowest BCUT2D eigenvalue weighted by atomic mass is 9.96. The third-order valence-electron chi connectivity index (χ3n) is 4.67. The van der Waals surface area contributed by atoms with Crippen LogP contribution in [0.3, 0.4) is 0 Å². The molecule has 1 aliphatic rings. The molecule has 2 aromatic heterocycles. The zero-order valence-electron chi connectivity index (χ0n) is 14.3. The largest absolute Gasteiger partial charge is 0.441 e. The Labute approximate surface area is 145 Å². The van der Waals surface area contributed by atoms with Crippen molar-refractivity contribution in [3.05, 3.63) is 52.7 Å². The van der Waals surface area contributed by atoms with Crippen LogP contribution in [0.25, 0.3) is 11.5 Å². The summed E-state index contributed by atoms with van der Waals surface area (Å²) in [6, 6.07) is 7.50. The van der Waals surface area contributed by atoms with Crippen molar-refractivity contribution >= 4 is 11.6 Å². The van der Waals surface area contributed by atoms with Crippen molar-refractivity contribution in [1.29, 1.82) is 0 Å². The fourth-order valence-electron chi connectivity index (χ4n) is 3.19. The Morgan fingerprint density at radius 2 is 2.08 bits per heavy atom. The first-order valence-electron chi connectivity index (χ1n) is 8.54. The van der Waals surface area contributed by atoms with E-state index in [0.717, 1.165) is 54.0 Å². The molecule has 0 fully saturated rings. The molecule has 0 atom stereocenters. The van der Waals surface area contributed by atoms with Crippen LogP contribution in [0.15, 0.2) is 28.7 Å². The van der Waals surface area contributed by atoms with E-state index in [1.165, 1.54) is 0 Å². The van der Waals surface area contributed by atoms with Crippen molar-refractivity contribution in [2.24, 2.45) is 0 Å². The van der Waals surface area contributed by atoms with Gasteiger partial charge < -0.3 is 9.73 Å².